The van der Waals surface area contributed by atoms with Crippen LogP contribution in [0.5, 0.6) is 0 Å². The smallest absolute Gasteiger partial charge is 0.368 e. The summed E-state index contributed by atoms with van der Waals surface area (Å²) in [7, 11) is -4.52. The summed E-state index contributed by atoms with van der Waals surface area (Å²) in [6.07, 6.45) is -4.79. The third kappa shape index (κ3) is 4.35. The van der Waals surface area contributed by atoms with Crippen LogP contribution >= 0.6 is 0 Å². The molecule has 0 amide bonds. The Labute approximate surface area is 143 Å². The Kier molecular flexibility index (Phi) is 4.79. The van der Waals surface area contributed by atoms with Gasteiger partial charge in [0.1, 0.15) is 0 Å². The molecule has 1 aliphatic heterocycles. The topological polar surface area (TPSA) is 61.4 Å². The molecule has 0 radical (unpaired) electrons. The molecule has 2 aromatic rings. The zero-order valence-electron chi connectivity index (χ0n) is 13.3. The number of sulfonamides is 1. The molecule has 1 saturated heterocycles. The van der Waals surface area contributed by atoms with Crippen LogP contribution in [-0.4, -0.2) is 46.5 Å². The van der Waals surface area contributed by atoms with Gasteiger partial charge in [-0.2, -0.15) is 13.2 Å². The van der Waals surface area contributed by atoms with Crippen molar-refractivity contribution in [3.05, 3.63) is 36.4 Å². The van der Waals surface area contributed by atoms with E-state index in [9.17, 15) is 21.6 Å². The van der Waals surface area contributed by atoms with Crippen LogP contribution in [0.1, 0.15) is 0 Å². The highest BCUT2D eigenvalue weighted by Crippen LogP contribution is 2.33. The lowest BCUT2D eigenvalue weighted by atomic mass is 10.1. The molecule has 2 aromatic carbocycles. The van der Waals surface area contributed by atoms with Gasteiger partial charge in [0.25, 0.3) is 0 Å². The minimum Gasteiger partial charge on any atom is -0.368 e. The Morgan fingerprint density at radius 2 is 1.68 bits per heavy atom. The van der Waals surface area contributed by atoms with Gasteiger partial charge in [-0.05, 0) is 12.1 Å². The Morgan fingerprint density at radius 1 is 1.04 bits per heavy atom. The fourth-order valence-corrected chi connectivity index (χ4v) is 3.99. The van der Waals surface area contributed by atoms with Crippen LogP contribution in [-0.2, 0) is 10.0 Å². The number of piperazine rings is 1. The Morgan fingerprint density at radius 3 is 2.32 bits per heavy atom. The number of anilines is 2. The molecule has 0 unspecified atom stereocenters. The minimum atomic E-state index is -4.79. The van der Waals surface area contributed by atoms with E-state index in [2.05, 4.69) is 14.9 Å². The summed E-state index contributed by atoms with van der Waals surface area (Å²) in [6.45, 7) is 3.30. The molecule has 0 spiro atoms. The first kappa shape index (κ1) is 17.8. The van der Waals surface area contributed by atoms with Gasteiger partial charge in [0, 0.05) is 42.6 Å². The second kappa shape index (κ2) is 6.72. The van der Waals surface area contributed by atoms with Crippen molar-refractivity contribution in [3.8, 4) is 0 Å². The number of nitrogens with one attached hydrogen (secondary N) is 2. The zero-order valence-corrected chi connectivity index (χ0v) is 14.1. The molecular weight excluding hydrogens is 355 g/mol. The quantitative estimate of drug-likeness (QED) is 0.865. The molecule has 0 aliphatic carbocycles. The molecule has 2 N–H and O–H groups in total. The minimum absolute atomic E-state index is 0.152. The standard InChI is InChI=1S/C16H18F3N3O2S/c17-16(18,19)11-25(23,24)21-14-5-6-15(22-9-7-20-8-10-22)13-4-2-1-3-12(13)14/h1-6,20-21H,7-11H2. The molecule has 0 saturated carbocycles. The molecule has 25 heavy (non-hydrogen) atoms. The monoisotopic (exact) mass is 373 g/mol. The first-order valence-electron chi connectivity index (χ1n) is 7.80. The van der Waals surface area contributed by atoms with E-state index in [-0.39, 0.29) is 5.69 Å². The number of nitrogens with zero attached hydrogens (tertiary/aromatic N) is 1. The van der Waals surface area contributed by atoms with Crippen molar-refractivity contribution < 1.29 is 21.6 Å². The number of hydrogen-bond donors (Lipinski definition) is 2. The van der Waals surface area contributed by atoms with Crippen LogP contribution in [0.4, 0.5) is 24.5 Å². The molecule has 0 bridgehead atoms. The summed E-state index contributed by atoms with van der Waals surface area (Å²) in [5, 5.41) is 4.63. The second-order valence-electron chi connectivity index (χ2n) is 5.89. The van der Waals surface area contributed by atoms with E-state index in [0.29, 0.717) is 5.39 Å². The first-order chi connectivity index (χ1) is 11.8. The van der Waals surface area contributed by atoms with Crippen molar-refractivity contribution in [1.29, 1.82) is 0 Å². The van der Waals surface area contributed by atoms with E-state index in [1.807, 2.05) is 12.1 Å². The van der Waals surface area contributed by atoms with Crippen molar-refractivity contribution in [2.45, 2.75) is 6.18 Å². The van der Waals surface area contributed by atoms with Crippen molar-refractivity contribution in [3.63, 3.8) is 0 Å². The maximum Gasteiger partial charge on any atom is 0.404 e. The zero-order chi connectivity index (χ0) is 18.1. The molecule has 0 aromatic heterocycles. The van der Waals surface area contributed by atoms with Gasteiger partial charge >= 0.3 is 6.18 Å². The predicted molar refractivity (Wildman–Crippen MR) is 92.5 cm³/mol. The molecule has 136 valence electrons. The van der Waals surface area contributed by atoms with Crippen molar-refractivity contribution >= 4 is 32.2 Å². The molecule has 5 nitrogen and oxygen atoms in total. The van der Waals surface area contributed by atoms with E-state index < -0.39 is 22.0 Å². The van der Waals surface area contributed by atoms with Crippen LogP contribution in [0.15, 0.2) is 36.4 Å². The summed E-state index contributed by atoms with van der Waals surface area (Å²) < 4.78 is 63.0. The highest BCUT2D eigenvalue weighted by molar-refractivity contribution is 7.92. The largest absolute Gasteiger partial charge is 0.404 e. The van der Waals surface area contributed by atoms with Crippen molar-refractivity contribution in [2.75, 3.05) is 41.6 Å². The molecule has 1 heterocycles. The molecule has 1 aliphatic rings. The van der Waals surface area contributed by atoms with Crippen LogP contribution in [0.2, 0.25) is 0 Å². The Balaban J connectivity index is 1.98. The van der Waals surface area contributed by atoms with Gasteiger partial charge in [0.2, 0.25) is 10.0 Å². The number of fused-ring (bicyclic) bond motifs is 1. The summed E-state index contributed by atoms with van der Waals surface area (Å²) in [4.78, 5) is 2.17. The average molecular weight is 373 g/mol. The SMILES string of the molecule is O=S(=O)(CC(F)(F)F)Nc1ccc(N2CCNCC2)c2ccccc12. The number of alkyl halides is 3. The lowest BCUT2D eigenvalue weighted by Gasteiger charge is -2.30. The molecule has 9 heteroatoms. The second-order valence-corrected chi connectivity index (χ2v) is 7.61. The van der Waals surface area contributed by atoms with Gasteiger partial charge in [-0.1, -0.05) is 24.3 Å². The fourth-order valence-electron chi connectivity index (χ4n) is 2.97. The number of rotatable bonds is 4. The normalized spacial score (nSPS) is 16.2. The highest BCUT2D eigenvalue weighted by Gasteiger charge is 2.35. The lowest BCUT2D eigenvalue weighted by molar-refractivity contribution is -0.106. The summed E-state index contributed by atoms with van der Waals surface area (Å²) in [6, 6.07) is 10.4. The number of hydrogen-bond acceptors (Lipinski definition) is 4. The third-order valence-electron chi connectivity index (χ3n) is 3.98. The van der Waals surface area contributed by atoms with E-state index in [1.54, 1.807) is 18.2 Å². The Bertz CT molecular complexity index is 863. The van der Waals surface area contributed by atoms with E-state index >= 15 is 0 Å². The van der Waals surface area contributed by atoms with Gasteiger partial charge < -0.3 is 10.2 Å². The van der Waals surface area contributed by atoms with Crippen molar-refractivity contribution in [2.24, 2.45) is 0 Å². The van der Waals surface area contributed by atoms with Gasteiger partial charge in [0.05, 0.1) is 5.69 Å². The average Bonchev–Trinajstić information content (AvgIpc) is 2.53. The van der Waals surface area contributed by atoms with Crippen LogP contribution in [0.3, 0.4) is 0 Å². The molecule has 1 fully saturated rings. The van der Waals surface area contributed by atoms with E-state index in [1.165, 1.54) is 6.07 Å². The molecular formula is C16H18F3N3O2S. The van der Waals surface area contributed by atoms with Crippen molar-refractivity contribution in [1.82, 2.24) is 5.32 Å². The first-order valence-corrected chi connectivity index (χ1v) is 9.45. The number of halogens is 3. The van der Waals surface area contributed by atoms with Crippen LogP contribution in [0.25, 0.3) is 10.8 Å². The van der Waals surface area contributed by atoms with Gasteiger partial charge in [0.15, 0.2) is 5.75 Å². The van der Waals surface area contributed by atoms with E-state index in [0.717, 1.165) is 37.3 Å². The lowest BCUT2D eigenvalue weighted by Crippen LogP contribution is -2.43. The van der Waals surface area contributed by atoms with Crippen LogP contribution in [0, 0.1) is 0 Å². The summed E-state index contributed by atoms with van der Waals surface area (Å²) >= 11 is 0. The van der Waals surface area contributed by atoms with Crippen LogP contribution < -0.4 is 14.9 Å². The maximum atomic E-state index is 12.4. The summed E-state index contributed by atoms with van der Waals surface area (Å²) in [5.41, 5.74) is 1.09. The molecule has 0 atom stereocenters. The molecule has 3 rings (SSSR count). The Hall–Kier alpha value is -2.00. The summed E-state index contributed by atoms with van der Waals surface area (Å²) in [5.74, 6) is -1.91. The maximum absolute atomic E-state index is 12.4. The fraction of sp³-hybridized carbons (Fsp3) is 0.375. The van der Waals surface area contributed by atoms with Gasteiger partial charge in [-0.25, -0.2) is 8.42 Å². The van der Waals surface area contributed by atoms with E-state index in [4.69, 9.17) is 0 Å². The third-order valence-corrected chi connectivity index (χ3v) is 5.22. The number of benzene rings is 2. The highest BCUT2D eigenvalue weighted by atomic mass is 32.2. The van der Waals surface area contributed by atoms with Gasteiger partial charge in [-0.15, -0.1) is 0 Å². The van der Waals surface area contributed by atoms with Gasteiger partial charge in [-0.3, -0.25) is 4.72 Å². The predicted octanol–water partition coefficient (Wildman–Crippen LogP) is 2.55.